The fourth-order valence-electron chi connectivity index (χ4n) is 1.83. The van der Waals surface area contributed by atoms with Gasteiger partial charge >= 0.3 is 5.97 Å². The predicted molar refractivity (Wildman–Crippen MR) is 85.0 cm³/mol. The highest BCUT2D eigenvalue weighted by atomic mass is 35.5. The largest absolute Gasteiger partial charge is 0.495 e. The number of furan rings is 1. The Morgan fingerprint density at radius 3 is 2.70 bits per heavy atom. The van der Waals surface area contributed by atoms with Gasteiger partial charge in [-0.3, -0.25) is 4.79 Å². The molecule has 1 amide bonds. The topological polar surface area (TPSA) is 77.8 Å². The minimum atomic E-state index is -1.01. The highest BCUT2D eigenvalue weighted by molar-refractivity contribution is 6.31. The van der Waals surface area contributed by atoms with Crippen molar-refractivity contribution in [1.29, 1.82) is 0 Å². The number of aryl methyl sites for hydroxylation is 1. The number of methoxy groups -OCH3 is 1. The van der Waals surface area contributed by atoms with Crippen LogP contribution in [0.2, 0.25) is 5.02 Å². The fourth-order valence-corrected chi connectivity index (χ4v) is 1.98. The normalized spacial score (nSPS) is 11.7. The van der Waals surface area contributed by atoms with Crippen LogP contribution in [0.3, 0.4) is 0 Å². The maximum absolute atomic E-state index is 12.2. The Kier molecular flexibility index (Phi) is 5.28. The molecule has 7 heteroatoms. The second-order valence-electron chi connectivity index (χ2n) is 4.82. The molecule has 1 N–H and O–H groups in total. The van der Waals surface area contributed by atoms with Crippen LogP contribution in [-0.4, -0.2) is 25.1 Å². The van der Waals surface area contributed by atoms with E-state index in [1.54, 1.807) is 25.1 Å². The van der Waals surface area contributed by atoms with E-state index in [0.717, 1.165) is 5.56 Å². The first-order valence-corrected chi connectivity index (χ1v) is 7.19. The van der Waals surface area contributed by atoms with Gasteiger partial charge in [-0.25, -0.2) is 4.79 Å². The molecular formula is C16H16ClNO5. The van der Waals surface area contributed by atoms with E-state index in [2.05, 4.69) is 5.32 Å². The summed E-state index contributed by atoms with van der Waals surface area (Å²) in [5.41, 5.74) is 1.23. The summed E-state index contributed by atoms with van der Waals surface area (Å²) in [7, 11) is 1.47. The summed E-state index contributed by atoms with van der Waals surface area (Å²) >= 11 is 6.02. The van der Waals surface area contributed by atoms with Crippen molar-refractivity contribution in [2.45, 2.75) is 20.0 Å². The molecule has 122 valence electrons. The number of hydrogen-bond acceptors (Lipinski definition) is 5. The van der Waals surface area contributed by atoms with E-state index in [0.29, 0.717) is 16.5 Å². The molecule has 2 aromatic rings. The van der Waals surface area contributed by atoms with Crippen molar-refractivity contribution in [2.24, 2.45) is 0 Å². The first kappa shape index (κ1) is 16.9. The number of ether oxygens (including phenoxy) is 2. The van der Waals surface area contributed by atoms with Crippen LogP contribution in [0.5, 0.6) is 5.75 Å². The Morgan fingerprint density at radius 1 is 1.35 bits per heavy atom. The molecule has 2 rings (SSSR count). The lowest BCUT2D eigenvalue weighted by molar-refractivity contribution is -0.123. The van der Waals surface area contributed by atoms with Gasteiger partial charge in [-0.05, 0) is 37.6 Å². The van der Waals surface area contributed by atoms with E-state index in [1.165, 1.54) is 26.4 Å². The Morgan fingerprint density at radius 2 is 2.09 bits per heavy atom. The predicted octanol–water partition coefficient (Wildman–Crippen LogP) is 3.43. The number of amides is 1. The zero-order valence-electron chi connectivity index (χ0n) is 12.9. The molecule has 0 aliphatic carbocycles. The second-order valence-corrected chi connectivity index (χ2v) is 5.22. The number of carbonyl (C=O) groups is 2. The van der Waals surface area contributed by atoms with Crippen molar-refractivity contribution < 1.29 is 23.5 Å². The number of rotatable bonds is 5. The van der Waals surface area contributed by atoms with Crippen molar-refractivity contribution in [3.63, 3.8) is 0 Å². The average Bonchev–Trinajstić information content (AvgIpc) is 3.04. The van der Waals surface area contributed by atoms with E-state index in [9.17, 15) is 9.59 Å². The Labute approximate surface area is 138 Å². The van der Waals surface area contributed by atoms with Crippen LogP contribution in [-0.2, 0) is 9.53 Å². The van der Waals surface area contributed by atoms with Crippen LogP contribution < -0.4 is 10.1 Å². The van der Waals surface area contributed by atoms with Crippen LogP contribution in [0.25, 0.3) is 0 Å². The highest BCUT2D eigenvalue weighted by Gasteiger charge is 2.21. The van der Waals surface area contributed by atoms with Crippen molar-refractivity contribution in [3.8, 4) is 5.75 Å². The van der Waals surface area contributed by atoms with Gasteiger partial charge in [-0.15, -0.1) is 0 Å². The van der Waals surface area contributed by atoms with E-state index in [-0.39, 0.29) is 5.76 Å². The first-order chi connectivity index (χ1) is 10.9. The van der Waals surface area contributed by atoms with Gasteiger partial charge in [0, 0.05) is 11.1 Å². The van der Waals surface area contributed by atoms with Gasteiger partial charge in [0.05, 0.1) is 19.1 Å². The van der Waals surface area contributed by atoms with Gasteiger partial charge in [0.25, 0.3) is 5.91 Å². The van der Waals surface area contributed by atoms with Crippen LogP contribution in [0, 0.1) is 6.92 Å². The van der Waals surface area contributed by atoms with Gasteiger partial charge < -0.3 is 19.2 Å². The Bertz CT molecular complexity index is 712. The molecule has 23 heavy (non-hydrogen) atoms. The van der Waals surface area contributed by atoms with Crippen LogP contribution in [0.15, 0.2) is 34.9 Å². The zero-order valence-corrected chi connectivity index (χ0v) is 13.6. The standard InChI is InChI=1S/C16H16ClNO5/c1-9-7-12(14(21-3)8-11(9)17)18-15(19)10(2)23-16(20)13-5-4-6-22-13/h4-8,10H,1-3H3,(H,18,19). The van der Waals surface area contributed by atoms with Crippen molar-refractivity contribution >= 4 is 29.2 Å². The third kappa shape index (κ3) is 4.04. The molecule has 1 aromatic heterocycles. The second kappa shape index (κ2) is 7.19. The molecule has 0 saturated heterocycles. The number of carbonyl (C=O) groups excluding carboxylic acids is 2. The maximum atomic E-state index is 12.2. The number of nitrogens with one attached hydrogen (secondary N) is 1. The molecule has 0 saturated carbocycles. The number of esters is 1. The number of halogens is 1. The molecular weight excluding hydrogens is 322 g/mol. The van der Waals surface area contributed by atoms with Gasteiger partial charge in [-0.2, -0.15) is 0 Å². The van der Waals surface area contributed by atoms with Crippen molar-refractivity contribution in [3.05, 3.63) is 46.9 Å². The molecule has 0 bridgehead atoms. The monoisotopic (exact) mass is 337 g/mol. The maximum Gasteiger partial charge on any atom is 0.374 e. The average molecular weight is 338 g/mol. The highest BCUT2D eigenvalue weighted by Crippen LogP contribution is 2.31. The third-order valence-electron chi connectivity index (χ3n) is 3.11. The summed E-state index contributed by atoms with van der Waals surface area (Å²) in [5, 5.41) is 3.17. The Hall–Kier alpha value is -2.47. The summed E-state index contributed by atoms with van der Waals surface area (Å²) in [6.07, 6.45) is 0.344. The van der Waals surface area contributed by atoms with E-state index < -0.39 is 18.0 Å². The molecule has 6 nitrogen and oxygen atoms in total. The van der Waals surface area contributed by atoms with Gasteiger partial charge in [0.1, 0.15) is 5.75 Å². The minimum absolute atomic E-state index is 0.0320. The summed E-state index contributed by atoms with van der Waals surface area (Å²) in [4.78, 5) is 23.9. The number of hydrogen-bond donors (Lipinski definition) is 1. The molecule has 1 atom stereocenters. The lowest BCUT2D eigenvalue weighted by atomic mass is 10.2. The van der Waals surface area contributed by atoms with Crippen LogP contribution in [0.4, 0.5) is 5.69 Å². The summed E-state index contributed by atoms with van der Waals surface area (Å²) < 4.78 is 15.1. The van der Waals surface area contributed by atoms with Crippen LogP contribution in [0.1, 0.15) is 23.0 Å². The van der Waals surface area contributed by atoms with E-state index >= 15 is 0 Å². The fraction of sp³-hybridized carbons (Fsp3) is 0.250. The molecule has 0 spiro atoms. The Balaban J connectivity index is 2.06. The van der Waals surface area contributed by atoms with Crippen LogP contribution >= 0.6 is 11.6 Å². The zero-order chi connectivity index (χ0) is 17.0. The van der Waals surface area contributed by atoms with Gasteiger partial charge in [-0.1, -0.05) is 11.6 Å². The summed E-state index contributed by atoms with van der Waals surface area (Å²) in [6.45, 7) is 3.27. The smallest absolute Gasteiger partial charge is 0.374 e. The van der Waals surface area contributed by atoms with Crippen molar-refractivity contribution in [1.82, 2.24) is 0 Å². The molecule has 1 unspecified atom stereocenters. The lowest BCUT2D eigenvalue weighted by Crippen LogP contribution is -2.30. The van der Waals surface area contributed by atoms with Crippen molar-refractivity contribution in [2.75, 3.05) is 12.4 Å². The number of anilines is 1. The van der Waals surface area contributed by atoms with E-state index in [4.69, 9.17) is 25.5 Å². The van der Waals surface area contributed by atoms with Gasteiger partial charge in [0.2, 0.25) is 5.76 Å². The molecule has 0 fully saturated rings. The first-order valence-electron chi connectivity index (χ1n) is 6.82. The van der Waals surface area contributed by atoms with Gasteiger partial charge in [0.15, 0.2) is 6.10 Å². The minimum Gasteiger partial charge on any atom is -0.495 e. The van der Waals surface area contributed by atoms with E-state index in [1.807, 2.05) is 0 Å². The molecule has 1 heterocycles. The quantitative estimate of drug-likeness (QED) is 0.846. The lowest BCUT2D eigenvalue weighted by Gasteiger charge is -2.15. The SMILES string of the molecule is COc1cc(Cl)c(C)cc1NC(=O)C(C)OC(=O)c1ccco1. The summed E-state index contributed by atoms with van der Waals surface area (Å²) in [6, 6.07) is 6.30. The molecule has 1 aromatic carbocycles. The molecule has 0 aliphatic rings. The molecule has 0 radical (unpaired) electrons. The summed E-state index contributed by atoms with van der Waals surface area (Å²) in [5.74, 6) is -0.759. The number of benzene rings is 1. The third-order valence-corrected chi connectivity index (χ3v) is 3.52. The molecule has 0 aliphatic heterocycles.